The number of nitrogens with one attached hydrogen (secondary N) is 1. The molecule has 29 heavy (non-hydrogen) atoms. The lowest BCUT2D eigenvalue weighted by atomic mass is 9.99. The van der Waals surface area contributed by atoms with Crippen LogP contribution >= 0.6 is 0 Å². The number of amides is 1. The van der Waals surface area contributed by atoms with Crippen LogP contribution in [0.3, 0.4) is 0 Å². The second kappa shape index (κ2) is 7.89. The predicted octanol–water partition coefficient (Wildman–Crippen LogP) is 1.42. The zero-order chi connectivity index (χ0) is 20.6. The lowest BCUT2D eigenvalue weighted by molar-refractivity contribution is 0.0681. The highest BCUT2D eigenvalue weighted by Gasteiger charge is 2.28. The number of carbonyl (C=O) groups is 1. The van der Waals surface area contributed by atoms with Gasteiger partial charge in [0.25, 0.3) is 5.91 Å². The van der Waals surface area contributed by atoms with E-state index in [0.29, 0.717) is 37.7 Å². The van der Waals surface area contributed by atoms with Gasteiger partial charge in [-0.2, -0.15) is 4.31 Å². The molecule has 3 heterocycles. The van der Waals surface area contributed by atoms with Crippen LogP contribution in [0.5, 0.6) is 0 Å². The van der Waals surface area contributed by atoms with E-state index in [4.69, 9.17) is 4.74 Å². The van der Waals surface area contributed by atoms with E-state index in [-0.39, 0.29) is 34.8 Å². The molecule has 0 spiro atoms. The van der Waals surface area contributed by atoms with Gasteiger partial charge in [0.2, 0.25) is 15.5 Å². The Bertz CT molecular complexity index is 1090. The number of hydrogen-bond acceptors (Lipinski definition) is 5. The summed E-state index contributed by atoms with van der Waals surface area (Å²) in [5.41, 5.74) is 0.105. The number of likely N-dealkylation sites (tertiary alicyclic amines) is 1. The number of aromatic nitrogens is 1. The van der Waals surface area contributed by atoms with Crippen LogP contribution in [-0.2, 0) is 14.8 Å². The summed E-state index contributed by atoms with van der Waals surface area (Å²) in [6.07, 6.45) is 3.42. The van der Waals surface area contributed by atoms with Gasteiger partial charge >= 0.3 is 0 Å². The Morgan fingerprint density at radius 2 is 1.97 bits per heavy atom. The number of piperidine rings is 1. The van der Waals surface area contributed by atoms with Crippen LogP contribution in [0.2, 0.25) is 0 Å². The van der Waals surface area contributed by atoms with Crippen molar-refractivity contribution >= 4 is 26.8 Å². The first kappa shape index (κ1) is 20.1. The van der Waals surface area contributed by atoms with Gasteiger partial charge in [-0.3, -0.25) is 9.59 Å². The molecular formula is C20H25N3O5S. The lowest BCUT2D eigenvalue weighted by Gasteiger charge is -2.30. The summed E-state index contributed by atoms with van der Waals surface area (Å²) in [6, 6.07) is 4.42. The largest absolute Gasteiger partial charge is 0.379 e. The topological polar surface area (TPSA) is 99.8 Å². The fourth-order valence-corrected chi connectivity index (χ4v) is 5.43. The maximum atomic E-state index is 13.1. The van der Waals surface area contributed by atoms with E-state index in [9.17, 15) is 18.0 Å². The number of carbonyl (C=O) groups excluding carboxylic acids is 1. The number of benzene rings is 1. The van der Waals surface area contributed by atoms with Crippen LogP contribution in [0.4, 0.5) is 0 Å². The number of rotatable bonds is 3. The first-order valence-electron chi connectivity index (χ1n) is 9.90. The number of hydrogen-bond donors (Lipinski definition) is 1. The van der Waals surface area contributed by atoms with Gasteiger partial charge in [-0.25, -0.2) is 8.42 Å². The summed E-state index contributed by atoms with van der Waals surface area (Å²) in [7, 11) is -3.73. The molecule has 1 amide bonds. The molecule has 0 radical (unpaired) electrons. The fraction of sp³-hybridized carbons (Fsp3) is 0.500. The number of fused-ring (bicyclic) bond motifs is 1. The van der Waals surface area contributed by atoms with Crippen LogP contribution in [0.15, 0.2) is 34.1 Å². The van der Waals surface area contributed by atoms with Crippen molar-refractivity contribution in [3.63, 3.8) is 0 Å². The molecule has 2 fully saturated rings. The van der Waals surface area contributed by atoms with Gasteiger partial charge in [-0.1, -0.05) is 6.92 Å². The van der Waals surface area contributed by atoms with E-state index in [0.717, 1.165) is 12.8 Å². The third kappa shape index (κ3) is 3.82. The van der Waals surface area contributed by atoms with Crippen molar-refractivity contribution in [1.82, 2.24) is 14.2 Å². The van der Waals surface area contributed by atoms with E-state index in [1.54, 1.807) is 11.0 Å². The van der Waals surface area contributed by atoms with Crippen molar-refractivity contribution in [1.29, 1.82) is 0 Å². The second-order valence-corrected chi connectivity index (χ2v) is 9.69. The third-order valence-corrected chi connectivity index (χ3v) is 7.53. The molecule has 1 aromatic carbocycles. The average Bonchev–Trinajstić information content (AvgIpc) is 2.74. The summed E-state index contributed by atoms with van der Waals surface area (Å²) in [5.74, 6) is 0.0960. The van der Waals surface area contributed by atoms with Gasteiger partial charge < -0.3 is 14.6 Å². The van der Waals surface area contributed by atoms with Gasteiger partial charge in [-0.05, 0) is 37.0 Å². The quantitative estimate of drug-likeness (QED) is 0.811. The smallest absolute Gasteiger partial charge is 0.259 e. The molecule has 1 aromatic heterocycles. The van der Waals surface area contributed by atoms with E-state index < -0.39 is 15.5 Å². The minimum atomic E-state index is -3.73. The molecule has 0 bridgehead atoms. The summed E-state index contributed by atoms with van der Waals surface area (Å²) in [6.45, 7) is 4.60. The summed E-state index contributed by atoms with van der Waals surface area (Å²) in [5, 5.41) is 0.204. The van der Waals surface area contributed by atoms with Crippen molar-refractivity contribution in [3.05, 3.63) is 40.2 Å². The van der Waals surface area contributed by atoms with Gasteiger partial charge in [0, 0.05) is 43.3 Å². The predicted molar refractivity (Wildman–Crippen MR) is 108 cm³/mol. The van der Waals surface area contributed by atoms with Crippen LogP contribution in [0, 0.1) is 5.92 Å². The highest BCUT2D eigenvalue weighted by molar-refractivity contribution is 7.89. The Morgan fingerprint density at radius 3 is 2.69 bits per heavy atom. The highest BCUT2D eigenvalue weighted by atomic mass is 32.2. The maximum Gasteiger partial charge on any atom is 0.259 e. The number of sulfonamides is 1. The molecule has 2 aliphatic rings. The van der Waals surface area contributed by atoms with Crippen LogP contribution < -0.4 is 5.43 Å². The van der Waals surface area contributed by atoms with Crippen molar-refractivity contribution < 1.29 is 17.9 Å². The molecule has 156 valence electrons. The van der Waals surface area contributed by atoms with Crippen LogP contribution in [-0.4, -0.2) is 67.9 Å². The first-order chi connectivity index (χ1) is 13.9. The minimum Gasteiger partial charge on any atom is -0.379 e. The zero-order valence-electron chi connectivity index (χ0n) is 16.4. The number of pyridine rings is 1. The monoisotopic (exact) mass is 419 g/mol. The Balaban J connectivity index is 1.72. The molecule has 8 nitrogen and oxygen atoms in total. The Labute approximate surface area is 169 Å². The van der Waals surface area contributed by atoms with Crippen molar-refractivity contribution in [2.75, 3.05) is 39.4 Å². The van der Waals surface area contributed by atoms with Gasteiger partial charge in [0.15, 0.2) is 0 Å². The lowest BCUT2D eigenvalue weighted by Crippen LogP contribution is -2.41. The highest BCUT2D eigenvalue weighted by Crippen LogP contribution is 2.21. The molecule has 4 rings (SSSR count). The van der Waals surface area contributed by atoms with Gasteiger partial charge in [0.05, 0.1) is 18.1 Å². The van der Waals surface area contributed by atoms with Crippen molar-refractivity contribution in [3.8, 4) is 0 Å². The third-order valence-electron chi connectivity index (χ3n) is 5.63. The van der Waals surface area contributed by atoms with E-state index in [1.165, 1.54) is 22.6 Å². The molecule has 0 saturated carbocycles. The molecule has 0 aliphatic carbocycles. The first-order valence-corrected chi connectivity index (χ1v) is 11.3. The average molecular weight is 420 g/mol. The van der Waals surface area contributed by atoms with E-state index in [2.05, 4.69) is 11.9 Å². The summed E-state index contributed by atoms with van der Waals surface area (Å²) in [4.78, 5) is 30.7. The molecular weight excluding hydrogens is 394 g/mol. The summed E-state index contributed by atoms with van der Waals surface area (Å²) >= 11 is 0. The maximum absolute atomic E-state index is 13.1. The number of ether oxygens (including phenoxy) is 1. The fourth-order valence-electron chi connectivity index (χ4n) is 4.00. The molecule has 2 saturated heterocycles. The number of aromatic amines is 1. The number of H-pyrrole nitrogens is 1. The Morgan fingerprint density at radius 1 is 1.21 bits per heavy atom. The Kier molecular flexibility index (Phi) is 5.46. The van der Waals surface area contributed by atoms with E-state index in [1.807, 2.05) is 0 Å². The number of nitrogens with zero attached hydrogens (tertiary/aromatic N) is 2. The molecule has 1 unspecified atom stereocenters. The molecule has 9 heteroatoms. The molecule has 2 aliphatic heterocycles. The standard InChI is InChI=1S/C20H25N3O5S/c1-14-3-2-6-22(13-14)20(25)17-12-21-18-5-4-15(11-16(18)19(17)24)29(26,27)23-7-9-28-10-8-23/h4-5,11-12,14H,2-3,6-10,13H2,1H3,(H,21,24). The molecule has 1 atom stereocenters. The van der Waals surface area contributed by atoms with Crippen LogP contribution in [0.1, 0.15) is 30.1 Å². The minimum absolute atomic E-state index is 0.0486. The summed E-state index contributed by atoms with van der Waals surface area (Å²) < 4.78 is 32.4. The van der Waals surface area contributed by atoms with Crippen molar-refractivity contribution in [2.24, 2.45) is 5.92 Å². The second-order valence-electron chi connectivity index (χ2n) is 7.75. The zero-order valence-corrected chi connectivity index (χ0v) is 17.2. The SMILES string of the molecule is CC1CCCN(C(=O)c2c[nH]c3ccc(S(=O)(=O)N4CCOCC4)cc3c2=O)C1. The number of morpholine rings is 1. The molecule has 2 aromatic rings. The van der Waals surface area contributed by atoms with Crippen molar-refractivity contribution in [2.45, 2.75) is 24.7 Å². The van der Waals surface area contributed by atoms with Gasteiger partial charge in [-0.15, -0.1) is 0 Å². The normalized spacial score (nSPS) is 21.4. The Hall–Kier alpha value is -2.23. The van der Waals surface area contributed by atoms with Crippen LogP contribution in [0.25, 0.3) is 10.9 Å². The van der Waals surface area contributed by atoms with Gasteiger partial charge in [0.1, 0.15) is 5.56 Å². The van der Waals surface area contributed by atoms with E-state index >= 15 is 0 Å². The molecule has 1 N–H and O–H groups in total.